The summed E-state index contributed by atoms with van der Waals surface area (Å²) in [5, 5.41) is 0. The lowest BCUT2D eigenvalue weighted by Crippen LogP contribution is -2.31. The fourth-order valence-electron chi connectivity index (χ4n) is 2.00. The Bertz CT molecular complexity index is 644. The van der Waals surface area contributed by atoms with Gasteiger partial charge in [-0.15, -0.1) is 0 Å². The molecule has 6 heteroatoms. The summed E-state index contributed by atoms with van der Waals surface area (Å²) >= 11 is 0. The lowest BCUT2D eigenvalue weighted by Gasteiger charge is -2.15. The van der Waals surface area contributed by atoms with Gasteiger partial charge in [-0.05, 0) is 26.1 Å². The number of ether oxygens (including phenoxy) is 1. The van der Waals surface area contributed by atoms with Gasteiger partial charge in [0.2, 0.25) is 0 Å². The molecule has 0 saturated heterocycles. The molecule has 0 aliphatic heterocycles. The van der Waals surface area contributed by atoms with Crippen LogP contribution in [0, 0.1) is 0 Å². The molecule has 0 unspecified atom stereocenters. The molecule has 6 nitrogen and oxygen atoms in total. The zero-order chi connectivity index (χ0) is 14.5. The molecule has 0 spiro atoms. The third kappa shape index (κ3) is 3.27. The highest BCUT2D eigenvalue weighted by Gasteiger charge is 2.11. The van der Waals surface area contributed by atoms with Gasteiger partial charge < -0.3 is 9.15 Å². The molecule has 0 N–H and O–H groups in total. The van der Waals surface area contributed by atoms with Gasteiger partial charge >= 0.3 is 11.7 Å². The molecule has 0 radical (unpaired) electrons. The molecule has 0 aliphatic carbocycles. The molecule has 1 aromatic carbocycles. The second-order valence-electron chi connectivity index (χ2n) is 4.53. The topological polar surface area (TPSA) is 64.7 Å². The minimum absolute atomic E-state index is 0.207. The summed E-state index contributed by atoms with van der Waals surface area (Å²) in [4.78, 5) is 24.9. The lowest BCUT2D eigenvalue weighted by atomic mass is 10.3. The van der Waals surface area contributed by atoms with E-state index < -0.39 is 0 Å². The third-order valence-electron chi connectivity index (χ3n) is 2.98. The summed E-state index contributed by atoms with van der Waals surface area (Å²) in [6, 6.07) is 7.28. The molecule has 1 heterocycles. The van der Waals surface area contributed by atoms with E-state index >= 15 is 0 Å². The number of hydrogen-bond acceptors (Lipinski definition) is 5. The summed E-state index contributed by atoms with van der Waals surface area (Å²) in [5.74, 6) is -0.643. The molecule has 0 amide bonds. The SMILES string of the molecule is CCOC(=O)CN(C)CCn1c(=O)oc2ccccc21. The number of nitrogens with zero attached hydrogens (tertiary/aromatic N) is 2. The Morgan fingerprint density at radius 3 is 2.90 bits per heavy atom. The van der Waals surface area contributed by atoms with Gasteiger partial charge in [0, 0.05) is 13.1 Å². The Labute approximate surface area is 116 Å². The minimum Gasteiger partial charge on any atom is -0.465 e. The number of benzene rings is 1. The van der Waals surface area contributed by atoms with Crippen LogP contribution in [0.15, 0.2) is 33.5 Å². The van der Waals surface area contributed by atoms with Gasteiger partial charge in [0.25, 0.3) is 0 Å². The number of carbonyl (C=O) groups excluding carboxylic acids is 1. The number of likely N-dealkylation sites (N-methyl/N-ethyl adjacent to an activating group) is 1. The number of oxazole rings is 1. The molecular formula is C14H18N2O4. The van der Waals surface area contributed by atoms with Crippen molar-refractivity contribution in [2.75, 3.05) is 26.7 Å². The van der Waals surface area contributed by atoms with Crippen LogP contribution in [0.2, 0.25) is 0 Å². The van der Waals surface area contributed by atoms with Gasteiger partial charge in [-0.3, -0.25) is 14.3 Å². The van der Waals surface area contributed by atoms with Crippen LogP contribution in [0.5, 0.6) is 0 Å². The van der Waals surface area contributed by atoms with Gasteiger partial charge in [-0.2, -0.15) is 0 Å². The summed E-state index contributed by atoms with van der Waals surface area (Å²) in [5.41, 5.74) is 1.34. The van der Waals surface area contributed by atoms with Crippen molar-refractivity contribution >= 4 is 17.1 Å². The molecule has 0 atom stereocenters. The van der Waals surface area contributed by atoms with Crippen molar-refractivity contribution in [2.45, 2.75) is 13.5 Å². The van der Waals surface area contributed by atoms with E-state index in [1.807, 2.05) is 30.1 Å². The zero-order valence-corrected chi connectivity index (χ0v) is 11.7. The average Bonchev–Trinajstić information content (AvgIpc) is 2.72. The maximum Gasteiger partial charge on any atom is 0.419 e. The lowest BCUT2D eigenvalue weighted by molar-refractivity contribution is -0.144. The van der Waals surface area contributed by atoms with E-state index in [9.17, 15) is 9.59 Å². The molecule has 108 valence electrons. The van der Waals surface area contributed by atoms with E-state index in [2.05, 4.69) is 0 Å². The van der Waals surface area contributed by atoms with Crippen LogP contribution < -0.4 is 5.76 Å². The van der Waals surface area contributed by atoms with Crippen molar-refractivity contribution in [3.05, 3.63) is 34.8 Å². The number of carbonyl (C=O) groups is 1. The Kier molecular flexibility index (Phi) is 4.57. The Morgan fingerprint density at radius 1 is 1.40 bits per heavy atom. The van der Waals surface area contributed by atoms with E-state index in [1.54, 1.807) is 17.6 Å². The highest BCUT2D eigenvalue weighted by Crippen LogP contribution is 2.11. The molecule has 2 rings (SSSR count). The molecular weight excluding hydrogens is 260 g/mol. The van der Waals surface area contributed by atoms with Crippen LogP contribution in [-0.2, 0) is 16.1 Å². The molecule has 0 aliphatic rings. The van der Waals surface area contributed by atoms with Crippen molar-refractivity contribution in [2.24, 2.45) is 0 Å². The molecule has 20 heavy (non-hydrogen) atoms. The van der Waals surface area contributed by atoms with Crippen LogP contribution in [0.1, 0.15) is 6.92 Å². The molecule has 0 saturated carbocycles. The van der Waals surface area contributed by atoms with Crippen LogP contribution in [0.25, 0.3) is 11.1 Å². The predicted octanol–water partition coefficient (Wildman–Crippen LogP) is 1.09. The first-order chi connectivity index (χ1) is 9.61. The quantitative estimate of drug-likeness (QED) is 0.740. The van der Waals surface area contributed by atoms with E-state index in [0.717, 1.165) is 5.52 Å². The first-order valence-corrected chi connectivity index (χ1v) is 6.54. The number of hydrogen-bond donors (Lipinski definition) is 0. The fourth-order valence-corrected chi connectivity index (χ4v) is 2.00. The summed E-state index contributed by atoms with van der Waals surface area (Å²) in [7, 11) is 1.81. The summed E-state index contributed by atoms with van der Waals surface area (Å²) in [6.07, 6.45) is 0. The standard InChI is InChI=1S/C14H18N2O4/c1-3-19-13(17)10-15(2)8-9-16-11-6-4-5-7-12(11)20-14(16)18/h4-7H,3,8-10H2,1-2H3. The highest BCUT2D eigenvalue weighted by molar-refractivity contribution is 5.72. The normalized spacial score (nSPS) is 11.2. The van der Waals surface area contributed by atoms with Crippen molar-refractivity contribution < 1.29 is 13.9 Å². The van der Waals surface area contributed by atoms with Crippen molar-refractivity contribution in [3.8, 4) is 0 Å². The van der Waals surface area contributed by atoms with Crippen molar-refractivity contribution in [1.29, 1.82) is 0 Å². The largest absolute Gasteiger partial charge is 0.465 e. The Balaban J connectivity index is 2.01. The number of para-hydroxylation sites is 2. The first kappa shape index (κ1) is 14.3. The zero-order valence-electron chi connectivity index (χ0n) is 11.7. The molecule has 1 aromatic heterocycles. The minimum atomic E-state index is -0.379. The second-order valence-corrected chi connectivity index (χ2v) is 4.53. The summed E-state index contributed by atoms with van der Waals surface area (Å²) < 4.78 is 11.6. The number of esters is 1. The number of fused-ring (bicyclic) bond motifs is 1. The monoisotopic (exact) mass is 278 g/mol. The van der Waals surface area contributed by atoms with Gasteiger partial charge in [0.15, 0.2) is 5.58 Å². The average molecular weight is 278 g/mol. The van der Waals surface area contributed by atoms with Crippen LogP contribution >= 0.6 is 0 Å². The van der Waals surface area contributed by atoms with Crippen LogP contribution in [0.4, 0.5) is 0 Å². The van der Waals surface area contributed by atoms with Crippen molar-refractivity contribution in [3.63, 3.8) is 0 Å². The maximum absolute atomic E-state index is 11.8. The van der Waals surface area contributed by atoms with Gasteiger partial charge in [0.1, 0.15) is 0 Å². The summed E-state index contributed by atoms with van der Waals surface area (Å²) in [6.45, 7) is 3.37. The van der Waals surface area contributed by atoms with Crippen molar-refractivity contribution in [1.82, 2.24) is 9.47 Å². The van der Waals surface area contributed by atoms with E-state index in [0.29, 0.717) is 25.3 Å². The van der Waals surface area contributed by atoms with Gasteiger partial charge in [-0.25, -0.2) is 4.79 Å². The molecule has 0 fully saturated rings. The van der Waals surface area contributed by atoms with Gasteiger partial charge in [0.05, 0.1) is 18.7 Å². The van der Waals surface area contributed by atoms with Crippen LogP contribution in [0.3, 0.4) is 0 Å². The smallest absolute Gasteiger partial charge is 0.419 e. The fraction of sp³-hybridized carbons (Fsp3) is 0.429. The van der Waals surface area contributed by atoms with E-state index in [-0.39, 0.29) is 18.3 Å². The van der Waals surface area contributed by atoms with Crippen LogP contribution in [-0.4, -0.2) is 42.2 Å². The first-order valence-electron chi connectivity index (χ1n) is 6.54. The second kappa shape index (κ2) is 6.38. The van der Waals surface area contributed by atoms with E-state index in [1.165, 1.54) is 0 Å². The molecule has 0 bridgehead atoms. The molecule has 2 aromatic rings. The van der Waals surface area contributed by atoms with E-state index in [4.69, 9.17) is 9.15 Å². The Hall–Kier alpha value is -2.08. The van der Waals surface area contributed by atoms with Gasteiger partial charge in [-0.1, -0.05) is 12.1 Å². The number of rotatable bonds is 6. The predicted molar refractivity (Wildman–Crippen MR) is 74.6 cm³/mol. The maximum atomic E-state index is 11.8. The third-order valence-corrected chi connectivity index (χ3v) is 2.98. The number of aromatic nitrogens is 1. The Morgan fingerprint density at radius 2 is 2.15 bits per heavy atom. The highest BCUT2D eigenvalue weighted by atomic mass is 16.5.